The summed E-state index contributed by atoms with van der Waals surface area (Å²) < 4.78 is 4.75. The van der Waals surface area contributed by atoms with Crippen LogP contribution in [0.15, 0.2) is 0 Å². The Morgan fingerprint density at radius 3 is 2.38 bits per heavy atom. The van der Waals surface area contributed by atoms with Crippen molar-refractivity contribution < 1.29 is 4.74 Å². The molecule has 0 saturated heterocycles. The molecule has 0 aromatic rings. The van der Waals surface area contributed by atoms with Crippen molar-refractivity contribution in [2.24, 2.45) is 5.73 Å². The summed E-state index contributed by atoms with van der Waals surface area (Å²) in [5.74, 6) is 0.0850. The van der Waals surface area contributed by atoms with Gasteiger partial charge in [0.25, 0.3) is 0 Å². The van der Waals surface area contributed by atoms with Crippen molar-refractivity contribution in [2.45, 2.75) is 6.92 Å². The topological polar surface area (TPSA) is 59.1 Å². The zero-order valence-corrected chi connectivity index (χ0v) is 5.62. The van der Waals surface area contributed by atoms with E-state index in [0.29, 0.717) is 6.61 Å². The second kappa shape index (κ2) is 6.72. The van der Waals surface area contributed by atoms with Crippen LogP contribution in [0.3, 0.4) is 0 Å². The molecule has 0 aliphatic carbocycles. The van der Waals surface area contributed by atoms with Crippen LogP contribution in [0.4, 0.5) is 0 Å². The van der Waals surface area contributed by atoms with E-state index in [1.807, 2.05) is 6.92 Å². The molecular weight excluding hydrogens is 128 g/mol. The Labute approximate surface area is 55.1 Å². The van der Waals surface area contributed by atoms with Crippen LogP contribution in [-0.4, -0.2) is 19.0 Å². The minimum Gasteiger partial charge on any atom is -0.386 e. The summed E-state index contributed by atoms with van der Waals surface area (Å²) in [6.45, 7) is 2.75. The molecule has 0 aliphatic rings. The lowest BCUT2D eigenvalue weighted by atomic mass is 10.7. The maximum absolute atomic E-state index is 6.65. The van der Waals surface area contributed by atoms with Gasteiger partial charge in [0.1, 0.15) is 12.4 Å². The van der Waals surface area contributed by atoms with Crippen LogP contribution in [0.5, 0.6) is 0 Å². The summed E-state index contributed by atoms with van der Waals surface area (Å²) in [7, 11) is 0. The fourth-order valence-electron chi connectivity index (χ4n) is 0.212. The van der Waals surface area contributed by atoms with Gasteiger partial charge in [-0.3, -0.25) is 5.41 Å². The maximum atomic E-state index is 6.65. The zero-order chi connectivity index (χ0) is 5.70. The number of nitrogens with one attached hydrogen (secondary N) is 1. The number of ether oxygens (including phenoxy) is 1. The fourth-order valence-corrected chi connectivity index (χ4v) is 0.212. The third kappa shape index (κ3) is 9.21. The molecule has 0 atom stereocenters. The van der Waals surface area contributed by atoms with Gasteiger partial charge in [-0.2, -0.15) is 0 Å². The molecule has 0 radical (unpaired) electrons. The van der Waals surface area contributed by atoms with Crippen LogP contribution in [0.25, 0.3) is 0 Å². The Hall–Kier alpha value is -0.280. The monoisotopic (exact) mass is 138 g/mol. The van der Waals surface area contributed by atoms with Crippen LogP contribution in [-0.2, 0) is 4.74 Å². The van der Waals surface area contributed by atoms with Crippen molar-refractivity contribution in [3.63, 3.8) is 0 Å². The summed E-state index contributed by atoms with van der Waals surface area (Å²) in [5, 5.41) is 6.65. The lowest BCUT2D eigenvalue weighted by Gasteiger charge is -1.94. The number of amidine groups is 1. The van der Waals surface area contributed by atoms with Gasteiger partial charge in [-0.1, -0.05) is 0 Å². The van der Waals surface area contributed by atoms with Crippen LogP contribution in [0, 0.1) is 5.41 Å². The quantitative estimate of drug-likeness (QED) is 0.438. The molecule has 3 nitrogen and oxygen atoms in total. The lowest BCUT2D eigenvalue weighted by Crippen LogP contribution is -2.16. The van der Waals surface area contributed by atoms with E-state index < -0.39 is 0 Å². The first-order chi connectivity index (χ1) is 3.27. The highest BCUT2D eigenvalue weighted by Gasteiger charge is 1.82. The summed E-state index contributed by atoms with van der Waals surface area (Å²) >= 11 is 0. The third-order valence-corrected chi connectivity index (χ3v) is 0.462. The molecule has 0 fully saturated rings. The first-order valence-corrected chi connectivity index (χ1v) is 2.18. The van der Waals surface area contributed by atoms with Gasteiger partial charge in [0.15, 0.2) is 0 Å². The first-order valence-electron chi connectivity index (χ1n) is 2.18. The van der Waals surface area contributed by atoms with Crippen molar-refractivity contribution in [1.29, 1.82) is 5.41 Å². The molecular formula is C4H11ClN2O. The molecule has 0 heterocycles. The lowest BCUT2D eigenvalue weighted by molar-refractivity contribution is 0.186. The molecule has 0 amide bonds. The molecule has 0 rings (SSSR count). The van der Waals surface area contributed by atoms with Gasteiger partial charge >= 0.3 is 0 Å². The van der Waals surface area contributed by atoms with Crippen molar-refractivity contribution in [1.82, 2.24) is 0 Å². The second-order valence-corrected chi connectivity index (χ2v) is 1.16. The number of hydrogen-bond acceptors (Lipinski definition) is 2. The Bertz CT molecular complexity index is 67.1. The molecule has 0 aromatic heterocycles. The molecule has 0 unspecified atom stereocenters. The Morgan fingerprint density at radius 1 is 1.75 bits per heavy atom. The normalized spacial score (nSPS) is 7.62. The standard InChI is InChI=1S/C4H10N2O.ClH/c1-2-7-3-4(5)6;/h2-3H2,1H3,(H3,5,6);1H. The summed E-state index contributed by atoms with van der Waals surface area (Å²) in [6.07, 6.45) is 0. The second-order valence-electron chi connectivity index (χ2n) is 1.16. The van der Waals surface area contributed by atoms with Crippen molar-refractivity contribution in [3.05, 3.63) is 0 Å². The number of hydrogen-bond donors (Lipinski definition) is 2. The molecule has 4 heteroatoms. The van der Waals surface area contributed by atoms with Gasteiger partial charge in [-0.25, -0.2) is 0 Å². The average Bonchev–Trinajstić information content (AvgIpc) is 1.61. The minimum absolute atomic E-state index is 0. The Balaban J connectivity index is 0. The Morgan fingerprint density at radius 2 is 2.25 bits per heavy atom. The average molecular weight is 139 g/mol. The third-order valence-electron chi connectivity index (χ3n) is 0.462. The highest BCUT2D eigenvalue weighted by molar-refractivity contribution is 5.85. The van der Waals surface area contributed by atoms with E-state index in [9.17, 15) is 0 Å². The molecule has 0 bridgehead atoms. The predicted molar refractivity (Wildman–Crippen MR) is 35.7 cm³/mol. The number of halogens is 1. The van der Waals surface area contributed by atoms with Gasteiger partial charge in [-0.15, -0.1) is 12.4 Å². The smallest absolute Gasteiger partial charge is 0.117 e. The molecule has 0 aliphatic heterocycles. The summed E-state index contributed by atoms with van der Waals surface area (Å²) in [5.41, 5.74) is 4.94. The van der Waals surface area contributed by atoms with E-state index in [4.69, 9.17) is 15.9 Å². The molecule has 8 heavy (non-hydrogen) atoms. The molecule has 0 saturated carbocycles. The summed E-state index contributed by atoms with van der Waals surface area (Å²) in [6, 6.07) is 0. The van der Waals surface area contributed by atoms with Crippen LogP contribution >= 0.6 is 12.4 Å². The number of nitrogens with two attached hydrogens (primary N) is 1. The highest BCUT2D eigenvalue weighted by atomic mass is 35.5. The van der Waals surface area contributed by atoms with Crippen molar-refractivity contribution in [3.8, 4) is 0 Å². The van der Waals surface area contributed by atoms with E-state index in [1.54, 1.807) is 0 Å². The van der Waals surface area contributed by atoms with Gasteiger partial charge in [-0.05, 0) is 6.92 Å². The molecule has 0 aromatic carbocycles. The van der Waals surface area contributed by atoms with Crippen LogP contribution in [0.1, 0.15) is 6.92 Å². The predicted octanol–water partition coefficient (Wildman–Crippen LogP) is 0.381. The van der Waals surface area contributed by atoms with E-state index in [-0.39, 0.29) is 24.8 Å². The van der Waals surface area contributed by atoms with Crippen molar-refractivity contribution >= 4 is 18.2 Å². The van der Waals surface area contributed by atoms with E-state index in [2.05, 4.69) is 0 Å². The molecule has 0 spiro atoms. The zero-order valence-electron chi connectivity index (χ0n) is 4.81. The molecule has 50 valence electrons. The van der Waals surface area contributed by atoms with Gasteiger partial charge in [0.2, 0.25) is 0 Å². The highest BCUT2D eigenvalue weighted by Crippen LogP contribution is 1.68. The van der Waals surface area contributed by atoms with Gasteiger partial charge in [0, 0.05) is 6.61 Å². The van der Waals surface area contributed by atoms with Gasteiger partial charge < -0.3 is 10.5 Å². The summed E-state index contributed by atoms with van der Waals surface area (Å²) in [4.78, 5) is 0. The SMILES string of the molecule is CCOCC(=N)N.Cl. The van der Waals surface area contributed by atoms with E-state index in [1.165, 1.54) is 0 Å². The largest absolute Gasteiger partial charge is 0.386 e. The molecule has 3 N–H and O–H groups in total. The Kier molecular flexibility index (Phi) is 8.95. The van der Waals surface area contributed by atoms with Crippen molar-refractivity contribution in [2.75, 3.05) is 13.2 Å². The maximum Gasteiger partial charge on any atom is 0.117 e. The number of rotatable bonds is 3. The van der Waals surface area contributed by atoms with Gasteiger partial charge in [0.05, 0.1) is 0 Å². The van der Waals surface area contributed by atoms with E-state index in [0.717, 1.165) is 0 Å². The fraction of sp³-hybridized carbons (Fsp3) is 0.750. The minimum atomic E-state index is 0. The van der Waals surface area contributed by atoms with E-state index >= 15 is 0 Å². The van der Waals surface area contributed by atoms with Crippen LogP contribution in [0.2, 0.25) is 0 Å². The first kappa shape index (κ1) is 10.7. The van der Waals surface area contributed by atoms with Crippen LogP contribution < -0.4 is 5.73 Å².